The standard InChI is InChI=1S/C14H29N/c1-5-13(10-15-11(2)3)14-8-6-12(4)7-9-14/h11-15H,5-10H2,1-4H3. The van der Waals surface area contributed by atoms with Crippen molar-refractivity contribution >= 4 is 0 Å². The van der Waals surface area contributed by atoms with Gasteiger partial charge in [-0.2, -0.15) is 0 Å². The average Bonchev–Trinajstić information content (AvgIpc) is 2.21. The molecule has 1 unspecified atom stereocenters. The summed E-state index contributed by atoms with van der Waals surface area (Å²) in [7, 11) is 0. The van der Waals surface area contributed by atoms with Gasteiger partial charge in [0.2, 0.25) is 0 Å². The molecule has 1 N–H and O–H groups in total. The van der Waals surface area contributed by atoms with E-state index >= 15 is 0 Å². The highest BCUT2D eigenvalue weighted by molar-refractivity contribution is 4.77. The van der Waals surface area contributed by atoms with E-state index in [0.29, 0.717) is 6.04 Å². The Kier molecular flexibility index (Phi) is 5.66. The molecular weight excluding hydrogens is 182 g/mol. The molecule has 0 aliphatic heterocycles. The fourth-order valence-electron chi connectivity index (χ4n) is 2.79. The average molecular weight is 211 g/mol. The van der Waals surface area contributed by atoms with E-state index in [-0.39, 0.29) is 0 Å². The van der Waals surface area contributed by atoms with E-state index in [1.807, 2.05) is 0 Å². The van der Waals surface area contributed by atoms with Crippen LogP contribution >= 0.6 is 0 Å². The Hall–Kier alpha value is -0.0400. The van der Waals surface area contributed by atoms with Crippen molar-refractivity contribution in [1.29, 1.82) is 0 Å². The highest BCUT2D eigenvalue weighted by Gasteiger charge is 2.24. The third-order valence-electron chi connectivity index (χ3n) is 4.04. The maximum absolute atomic E-state index is 3.61. The van der Waals surface area contributed by atoms with E-state index in [1.165, 1.54) is 38.6 Å². The van der Waals surface area contributed by atoms with Gasteiger partial charge >= 0.3 is 0 Å². The van der Waals surface area contributed by atoms with Crippen molar-refractivity contribution in [2.24, 2.45) is 17.8 Å². The Labute approximate surface area is 96.0 Å². The molecule has 1 heteroatoms. The Morgan fingerprint density at radius 1 is 1.13 bits per heavy atom. The van der Waals surface area contributed by atoms with E-state index in [4.69, 9.17) is 0 Å². The van der Waals surface area contributed by atoms with Crippen LogP contribution in [0.15, 0.2) is 0 Å². The van der Waals surface area contributed by atoms with Crippen LogP contribution in [0.3, 0.4) is 0 Å². The summed E-state index contributed by atoms with van der Waals surface area (Å²) in [6, 6.07) is 0.640. The fraction of sp³-hybridized carbons (Fsp3) is 1.00. The second-order valence-electron chi connectivity index (χ2n) is 5.75. The van der Waals surface area contributed by atoms with Crippen LogP contribution in [0.4, 0.5) is 0 Å². The second kappa shape index (κ2) is 6.52. The molecule has 0 spiro atoms. The van der Waals surface area contributed by atoms with Crippen molar-refractivity contribution in [3.8, 4) is 0 Å². The highest BCUT2D eigenvalue weighted by atomic mass is 14.9. The lowest BCUT2D eigenvalue weighted by molar-refractivity contribution is 0.201. The fourth-order valence-corrected chi connectivity index (χ4v) is 2.79. The lowest BCUT2D eigenvalue weighted by Gasteiger charge is -2.33. The maximum Gasteiger partial charge on any atom is 0.00104 e. The molecule has 0 bridgehead atoms. The van der Waals surface area contributed by atoms with Gasteiger partial charge in [0.05, 0.1) is 0 Å². The van der Waals surface area contributed by atoms with Crippen LogP contribution in [-0.2, 0) is 0 Å². The molecule has 0 aromatic rings. The molecule has 0 aromatic heterocycles. The molecule has 1 aliphatic rings. The van der Waals surface area contributed by atoms with Gasteiger partial charge in [-0.25, -0.2) is 0 Å². The number of hydrogen-bond donors (Lipinski definition) is 1. The molecular formula is C14H29N. The molecule has 1 nitrogen and oxygen atoms in total. The van der Waals surface area contributed by atoms with Gasteiger partial charge in [-0.05, 0) is 37.1 Å². The van der Waals surface area contributed by atoms with E-state index in [0.717, 1.165) is 17.8 Å². The van der Waals surface area contributed by atoms with Crippen molar-refractivity contribution in [1.82, 2.24) is 5.32 Å². The lowest BCUT2D eigenvalue weighted by Crippen LogP contribution is -2.33. The van der Waals surface area contributed by atoms with Gasteiger partial charge in [-0.3, -0.25) is 0 Å². The number of nitrogens with one attached hydrogen (secondary N) is 1. The topological polar surface area (TPSA) is 12.0 Å². The number of rotatable bonds is 5. The Balaban J connectivity index is 2.31. The zero-order valence-electron chi connectivity index (χ0n) is 11.1. The van der Waals surface area contributed by atoms with Crippen LogP contribution in [0.2, 0.25) is 0 Å². The van der Waals surface area contributed by atoms with Crippen LogP contribution in [0.1, 0.15) is 59.8 Å². The first-order valence-corrected chi connectivity index (χ1v) is 6.86. The molecule has 1 fully saturated rings. The van der Waals surface area contributed by atoms with Gasteiger partial charge < -0.3 is 5.32 Å². The van der Waals surface area contributed by atoms with E-state index in [2.05, 4.69) is 33.0 Å². The summed E-state index contributed by atoms with van der Waals surface area (Å²) < 4.78 is 0. The van der Waals surface area contributed by atoms with Gasteiger partial charge in [0, 0.05) is 6.04 Å². The maximum atomic E-state index is 3.61. The molecule has 0 heterocycles. The molecule has 0 aromatic carbocycles. The summed E-state index contributed by atoms with van der Waals surface area (Å²) >= 11 is 0. The largest absolute Gasteiger partial charge is 0.314 e. The van der Waals surface area contributed by atoms with Crippen molar-refractivity contribution in [2.75, 3.05) is 6.54 Å². The molecule has 0 saturated heterocycles. The predicted octanol–water partition coefficient (Wildman–Crippen LogP) is 3.84. The van der Waals surface area contributed by atoms with E-state index in [1.54, 1.807) is 0 Å². The molecule has 1 rings (SSSR count). The molecule has 15 heavy (non-hydrogen) atoms. The van der Waals surface area contributed by atoms with Gasteiger partial charge in [0.1, 0.15) is 0 Å². The van der Waals surface area contributed by atoms with Gasteiger partial charge in [0.15, 0.2) is 0 Å². The Morgan fingerprint density at radius 2 is 1.73 bits per heavy atom. The monoisotopic (exact) mass is 211 g/mol. The SMILES string of the molecule is CCC(CNC(C)C)C1CCC(C)CC1. The van der Waals surface area contributed by atoms with Gasteiger partial charge in [0.25, 0.3) is 0 Å². The quantitative estimate of drug-likeness (QED) is 0.728. The summed E-state index contributed by atoms with van der Waals surface area (Å²) in [4.78, 5) is 0. The first kappa shape index (κ1) is 13.0. The van der Waals surface area contributed by atoms with Gasteiger partial charge in [-0.1, -0.05) is 47.0 Å². The molecule has 0 amide bonds. The Bertz CT molecular complexity index is 157. The molecule has 0 radical (unpaired) electrons. The summed E-state index contributed by atoms with van der Waals surface area (Å²) in [5.41, 5.74) is 0. The third-order valence-corrected chi connectivity index (χ3v) is 4.04. The second-order valence-corrected chi connectivity index (χ2v) is 5.75. The molecule has 1 atom stereocenters. The van der Waals surface area contributed by atoms with Crippen LogP contribution in [-0.4, -0.2) is 12.6 Å². The summed E-state index contributed by atoms with van der Waals surface area (Å²) in [5.74, 6) is 2.90. The van der Waals surface area contributed by atoms with Crippen LogP contribution in [0.5, 0.6) is 0 Å². The van der Waals surface area contributed by atoms with Crippen molar-refractivity contribution < 1.29 is 0 Å². The van der Waals surface area contributed by atoms with Crippen LogP contribution in [0.25, 0.3) is 0 Å². The molecule has 90 valence electrons. The minimum atomic E-state index is 0.640. The van der Waals surface area contributed by atoms with Crippen LogP contribution in [0, 0.1) is 17.8 Å². The zero-order chi connectivity index (χ0) is 11.3. The van der Waals surface area contributed by atoms with E-state index < -0.39 is 0 Å². The predicted molar refractivity (Wildman–Crippen MR) is 68.0 cm³/mol. The lowest BCUT2D eigenvalue weighted by atomic mass is 9.75. The molecule has 1 saturated carbocycles. The van der Waals surface area contributed by atoms with Crippen molar-refractivity contribution in [3.63, 3.8) is 0 Å². The molecule has 1 aliphatic carbocycles. The summed E-state index contributed by atoms with van der Waals surface area (Å²) in [6.07, 6.45) is 7.21. The first-order chi connectivity index (χ1) is 7.13. The Morgan fingerprint density at radius 3 is 2.20 bits per heavy atom. The normalized spacial score (nSPS) is 29.4. The zero-order valence-corrected chi connectivity index (χ0v) is 11.1. The highest BCUT2D eigenvalue weighted by Crippen LogP contribution is 2.34. The minimum Gasteiger partial charge on any atom is -0.314 e. The first-order valence-electron chi connectivity index (χ1n) is 6.86. The summed E-state index contributed by atoms with van der Waals surface area (Å²) in [5, 5.41) is 3.61. The third kappa shape index (κ3) is 4.55. The summed E-state index contributed by atoms with van der Waals surface area (Å²) in [6.45, 7) is 10.5. The van der Waals surface area contributed by atoms with Crippen LogP contribution < -0.4 is 5.32 Å². The number of hydrogen-bond acceptors (Lipinski definition) is 1. The van der Waals surface area contributed by atoms with Gasteiger partial charge in [-0.15, -0.1) is 0 Å². The van der Waals surface area contributed by atoms with Crippen molar-refractivity contribution in [3.05, 3.63) is 0 Å². The van der Waals surface area contributed by atoms with Crippen molar-refractivity contribution in [2.45, 2.75) is 65.8 Å². The minimum absolute atomic E-state index is 0.640. The van der Waals surface area contributed by atoms with E-state index in [9.17, 15) is 0 Å². The smallest absolute Gasteiger partial charge is 0.00104 e.